The number of aryl methyl sites for hydroxylation is 1. The van der Waals surface area contributed by atoms with Crippen LogP contribution in [0.3, 0.4) is 0 Å². The summed E-state index contributed by atoms with van der Waals surface area (Å²) in [7, 11) is 1.59. The summed E-state index contributed by atoms with van der Waals surface area (Å²) in [6, 6.07) is 14.5. The van der Waals surface area contributed by atoms with Crippen LogP contribution in [0.5, 0.6) is 5.75 Å². The molecule has 0 radical (unpaired) electrons. The molecule has 0 atom stereocenters. The second kappa shape index (κ2) is 10.5. The highest BCUT2D eigenvalue weighted by molar-refractivity contribution is 5.98. The van der Waals surface area contributed by atoms with Crippen LogP contribution < -0.4 is 4.74 Å². The molecular weight excluding hydrogens is 400 g/mol. The number of rotatable bonds is 9. The number of hydrogen-bond donors (Lipinski definition) is 1. The van der Waals surface area contributed by atoms with Crippen LogP contribution in [0.15, 0.2) is 54.7 Å². The third-order valence-electron chi connectivity index (χ3n) is 6.19. The van der Waals surface area contributed by atoms with Gasteiger partial charge in [0.25, 0.3) is 0 Å². The van der Waals surface area contributed by atoms with Crippen LogP contribution >= 0.6 is 0 Å². The van der Waals surface area contributed by atoms with Gasteiger partial charge in [0.1, 0.15) is 11.3 Å². The Bertz CT molecular complexity index is 1080. The van der Waals surface area contributed by atoms with Crippen LogP contribution in [0.2, 0.25) is 0 Å². The van der Waals surface area contributed by atoms with Gasteiger partial charge < -0.3 is 14.5 Å². The molecule has 2 heterocycles. The van der Waals surface area contributed by atoms with Gasteiger partial charge in [0.15, 0.2) is 0 Å². The van der Waals surface area contributed by atoms with E-state index in [9.17, 15) is 4.79 Å². The van der Waals surface area contributed by atoms with Crippen LogP contribution in [0.1, 0.15) is 47.7 Å². The maximum absolute atomic E-state index is 12.2. The molecule has 1 N–H and O–H groups in total. The van der Waals surface area contributed by atoms with E-state index in [2.05, 4.69) is 52.5 Å². The number of benzene rings is 2. The van der Waals surface area contributed by atoms with Crippen molar-refractivity contribution in [3.05, 3.63) is 71.4 Å². The fourth-order valence-corrected chi connectivity index (χ4v) is 4.43. The van der Waals surface area contributed by atoms with Crippen molar-refractivity contribution in [2.75, 3.05) is 33.4 Å². The van der Waals surface area contributed by atoms with E-state index in [0.29, 0.717) is 17.9 Å². The van der Waals surface area contributed by atoms with Crippen molar-refractivity contribution in [1.82, 2.24) is 9.88 Å². The number of H-pyrrole nitrogens is 1. The molecule has 5 nitrogen and oxygen atoms in total. The van der Waals surface area contributed by atoms with Crippen LogP contribution in [0.25, 0.3) is 16.5 Å². The molecule has 0 saturated heterocycles. The Morgan fingerprint density at radius 2 is 2.00 bits per heavy atom. The maximum Gasteiger partial charge on any atom is 0.341 e. The highest BCUT2D eigenvalue weighted by Crippen LogP contribution is 2.29. The van der Waals surface area contributed by atoms with Crippen LogP contribution in [0.4, 0.5) is 0 Å². The van der Waals surface area contributed by atoms with Gasteiger partial charge in [0.2, 0.25) is 0 Å². The quantitative estimate of drug-likeness (QED) is 0.360. The predicted octanol–water partition coefficient (Wildman–Crippen LogP) is 5.47. The molecule has 1 aliphatic heterocycles. The van der Waals surface area contributed by atoms with Gasteiger partial charge in [-0.25, -0.2) is 4.79 Å². The van der Waals surface area contributed by atoms with Crippen LogP contribution in [0, 0.1) is 0 Å². The Balaban J connectivity index is 1.31. The van der Waals surface area contributed by atoms with Crippen molar-refractivity contribution in [3.8, 4) is 5.75 Å². The number of aromatic amines is 1. The molecule has 0 amide bonds. The van der Waals surface area contributed by atoms with E-state index in [4.69, 9.17) is 9.47 Å². The van der Waals surface area contributed by atoms with Crippen molar-refractivity contribution in [3.63, 3.8) is 0 Å². The lowest BCUT2D eigenvalue weighted by Gasteiger charge is -2.26. The molecule has 3 aromatic rings. The molecule has 0 bridgehead atoms. The molecule has 2 aromatic carbocycles. The molecule has 0 fully saturated rings. The van der Waals surface area contributed by atoms with Gasteiger partial charge in [0, 0.05) is 30.2 Å². The number of methoxy groups -OCH3 is 1. The van der Waals surface area contributed by atoms with Crippen molar-refractivity contribution in [1.29, 1.82) is 0 Å². The van der Waals surface area contributed by atoms with Gasteiger partial charge in [0.05, 0.1) is 13.7 Å². The van der Waals surface area contributed by atoms with E-state index < -0.39 is 0 Å². The van der Waals surface area contributed by atoms with Crippen molar-refractivity contribution in [2.24, 2.45) is 0 Å². The lowest BCUT2D eigenvalue weighted by atomic mass is 9.99. The zero-order valence-electron chi connectivity index (χ0n) is 19.0. The zero-order valence-corrected chi connectivity index (χ0v) is 19.0. The number of aromatic nitrogens is 1. The summed E-state index contributed by atoms with van der Waals surface area (Å²) in [5.74, 6) is 0.208. The summed E-state index contributed by atoms with van der Waals surface area (Å²) in [4.78, 5) is 18.1. The normalized spacial score (nSPS) is 14.4. The zero-order chi connectivity index (χ0) is 22.3. The highest BCUT2D eigenvalue weighted by Gasteiger charge is 2.17. The van der Waals surface area contributed by atoms with Gasteiger partial charge in [-0.1, -0.05) is 36.4 Å². The molecular formula is C27H32N2O3. The second-order valence-electron chi connectivity index (χ2n) is 8.24. The van der Waals surface area contributed by atoms with E-state index in [1.165, 1.54) is 23.1 Å². The maximum atomic E-state index is 12.2. The summed E-state index contributed by atoms with van der Waals surface area (Å²) in [5, 5.41) is 1.11. The predicted molar refractivity (Wildman–Crippen MR) is 129 cm³/mol. The van der Waals surface area contributed by atoms with Gasteiger partial charge in [-0.3, -0.25) is 4.90 Å². The summed E-state index contributed by atoms with van der Waals surface area (Å²) >= 11 is 0. The SMILES string of the molecule is CCOC(=O)c1cc2[nH]cc(CCCCN3CC=C(c4ccccc4)CC3)c2cc1OC. The molecule has 5 heteroatoms. The fraction of sp³-hybridized carbons (Fsp3) is 0.370. The second-order valence-corrected chi connectivity index (χ2v) is 8.24. The minimum Gasteiger partial charge on any atom is -0.496 e. The number of nitrogens with zero attached hydrogens (tertiary/aromatic N) is 1. The molecule has 4 rings (SSSR count). The van der Waals surface area contributed by atoms with E-state index in [1.807, 2.05) is 12.1 Å². The van der Waals surface area contributed by atoms with Crippen molar-refractivity contribution < 1.29 is 14.3 Å². The molecule has 32 heavy (non-hydrogen) atoms. The first-order valence-electron chi connectivity index (χ1n) is 11.5. The van der Waals surface area contributed by atoms with Gasteiger partial charge in [-0.05, 0) is 68.0 Å². The standard InChI is InChI=1S/C27H32N2O3/c1-3-32-27(30)24-17-25-23(18-26(24)31-2)22(19-28-25)11-7-8-14-29-15-12-21(13-16-29)20-9-5-4-6-10-20/h4-6,9-10,12,17-19,28H,3,7-8,11,13-16H2,1-2H3. The van der Waals surface area contributed by atoms with Gasteiger partial charge in [-0.2, -0.15) is 0 Å². The highest BCUT2D eigenvalue weighted by atomic mass is 16.5. The van der Waals surface area contributed by atoms with Crippen molar-refractivity contribution in [2.45, 2.75) is 32.6 Å². The van der Waals surface area contributed by atoms with Crippen LogP contribution in [-0.2, 0) is 11.2 Å². The van der Waals surface area contributed by atoms with Gasteiger partial charge in [-0.15, -0.1) is 0 Å². The summed E-state index contributed by atoms with van der Waals surface area (Å²) < 4.78 is 10.6. The average Bonchev–Trinajstić information content (AvgIpc) is 3.24. The monoisotopic (exact) mass is 432 g/mol. The molecule has 168 valence electrons. The molecule has 1 aromatic heterocycles. The molecule has 0 unspecified atom stereocenters. The van der Waals surface area contributed by atoms with Crippen LogP contribution in [-0.4, -0.2) is 49.2 Å². The number of unbranched alkanes of at least 4 members (excludes halogenated alkanes) is 1. The Hall–Kier alpha value is -3.05. The Kier molecular flexibility index (Phi) is 7.28. The number of ether oxygens (including phenoxy) is 2. The van der Waals surface area contributed by atoms with Crippen molar-refractivity contribution >= 4 is 22.4 Å². The Labute approximate surface area is 190 Å². The number of esters is 1. The first kappa shape index (κ1) is 22.2. The Morgan fingerprint density at radius 3 is 2.72 bits per heavy atom. The minimum atomic E-state index is -0.353. The largest absolute Gasteiger partial charge is 0.496 e. The summed E-state index contributed by atoms with van der Waals surface area (Å²) in [6.07, 6.45) is 8.84. The summed E-state index contributed by atoms with van der Waals surface area (Å²) in [5.41, 5.74) is 5.49. The lowest BCUT2D eigenvalue weighted by Crippen LogP contribution is -2.29. The fourth-order valence-electron chi connectivity index (χ4n) is 4.43. The third-order valence-corrected chi connectivity index (χ3v) is 6.19. The van der Waals surface area contributed by atoms with E-state index >= 15 is 0 Å². The molecule has 1 aliphatic rings. The number of carbonyl (C=O) groups excluding carboxylic acids is 1. The number of fused-ring (bicyclic) bond motifs is 1. The average molecular weight is 433 g/mol. The number of carbonyl (C=O) groups is 1. The lowest BCUT2D eigenvalue weighted by molar-refractivity contribution is 0.0523. The number of nitrogens with one attached hydrogen (secondary N) is 1. The summed E-state index contributed by atoms with van der Waals surface area (Å²) in [6.45, 7) is 5.43. The topological polar surface area (TPSA) is 54.6 Å². The molecule has 0 aliphatic carbocycles. The third kappa shape index (κ3) is 5.05. The first-order valence-corrected chi connectivity index (χ1v) is 11.5. The first-order chi connectivity index (χ1) is 15.7. The van der Waals surface area contributed by atoms with E-state index in [1.54, 1.807) is 14.0 Å². The minimum absolute atomic E-state index is 0.344. The molecule has 0 spiro atoms. The van der Waals surface area contributed by atoms with E-state index in [-0.39, 0.29) is 5.97 Å². The number of hydrogen-bond acceptors (Lipinski definition) is 4. The Morgan fingerprint density at radius 1 is 1.16 bits per heavy atom. The smallest absolute Gasteiger partial charge is 0.341 e. The van der Waals surface area contributed by atoms with E-state index in [0.717, 1.165) is 49.8 Å². The molecule has 0 saturated carbocycles. The van der Waals surface area contributed by atoms with Gasteiger partial charge >= 0.3 is 5.97 Å².